The quantitative estimate of drug-likeness (QED) is 0.323. The maximum atomic E-state index is 2.69. The van der Waals surface area contributed by atoms with E-state index in [0.29, 0.717) is 0 Å². The van der Waals surface area contributed by atoms with E-state index in [2.05, 4.69) is 142 Å². The van der Waals surface area contributed by atoms with Crippen molar-refractivity contribution < 1.29 is 20.4 Å². The van der Waals surface area contributed by atoms with Crippen LogP contribution in [0.4, 0.5) is 0 Å². The topological polar surface area (TPSA) is 6.48 Å². The molecule has 0 spiro atoms. The van der Waals surface area contributed by atoms with E-state index in [1.165, 1.54) is 21.5 Å². The molecule has 176 valence electrons. The van der Waals surface area contributed by atoms with Crippen molar-refractivity contribution in [3.8, 4) is 0 Å². The molecule has 3 aromatic carbocycles. The van der Waals surface area contributed by atoms with Crippen LogP contribution in [0.5, 0.6) is 0 Å². The molecule has 1 saturated heterocycles. The monoisotopic (exact) mass is 550 g/mol. The van der Waals surface area contributed by atoms with Crippen molar-refractivity contribution in [2.24, 2.45) is 0 Å². The number of rotatable bonds is 3. The summed E-state index contributed by atoms with van der Waals surface area (Å²) in [5.41, 5.74) is 1.54. The first kappa shape index (κ1) is 26.2. The van der Waals surface area contributed by atoms with Crippen molar-refractivity contribution in [2.45, 2.75) is 52.6 Å². The fourth-order valence-corrected chi connectivity index (χ4v) is 9.90. The first-order valence-electron chi connectivity index (χ1n) is 11.7. The second-order valence-electron chi connectivity index (χ2n) is 10.6. The van der Waals surface area contributed by atoms with Crippen LogP contribution in [-0.4, -0.2) is 39.5 Å². The Morgan fingerprint density at radius 1 is 0.515 bits per heavy atom. The maximum absolute atomic E-state index is 2.69. The van der Waals surface area contributed by atoms with Crippen LogP contribution in [0, 0.1) is 0 Å². The molecule has 1 fully saturated rings. The number of nitrogens with zero attached hydrogens (tertiary/aromatic N) is 2. The van der Waals surface area contributed by atoms with E-state index < -0.39 is 6.89 Å². The van der Waals surface area contributed by atoms with Gasteiger partial charge < -0.3 is 0 Å². The summed E-state index contributed by atoms with van der Waals surface area (Å²) in [6.45, 7) is 14.1. The van der Waals surface area contributed by atoms with E-state index in [4.69, 9.17) is 0 Å². The van der Waals surface area contributed by atoms with Gasteiger partial charge in [-0.1, -0.05) is 91.0 Å². The van der Waals surface area contributed by atoms with E-state index in [9.17, 15) is 0 Å². The van der Waals surface area contributed by atoms with E-state index in [-0.39, 0.29) is 31.5 Å². The molecule has 0 bridgehead atoms. The molecule has 0 atom stereocenters. The van der Waals surface area contributed by atoms with Crippen molar-refractivity contribution in [3.05, 3.63) is 91.0 Å². The average Bonchev–Trinajstić information content (AvgIpc) is 3.23. The second kappa shape index (κ2) is 10.0. The Bertz CT molecular complexity index is 970. The normalized spacial score (nSPS) is 16.0. The Morgan fingerprint density at radius 2 is 0.788 bits per heavy atom. The van der Waals surface area contributed by atoms with Gasteiger partial charge in [-0.15, -0.1) is 0 Å². The van der Waals surface area contributed by atoms with Gasteiger partial charge >= 0.3 is 20.4 Å². The Hall–Kier alpha value is -1.46. The molecule has 1 aliphatic heterocycles. The predicted molar refractivity (Wildman–Crippen MR) is 143 cm³/mol. The van der Waals surface area contributed by atoms with Crippen LogP contribution < -0.4 is 15.9 Å². The third-order valence-electron chi connectivity index (χ3n) is 6.38. The van der Waals surface area contributed by atoms with Gasteiger partial charge in [-0.25, -0.2) is 0 Å². The molecule has 0 radical (unpaired) electrons. The Kier molecular flexibility index (Phi) is 7.95. The molecule has 1 aliphatic rings. The molecule has 4 rings (SSSR count). The molecule has 0 unspecified atom stereocenters. The van der Waals surface area contributed by atoms with Crippen LogP contribution in [-0.2, 0) is 20.4 Å². The van der Waals surface area contributed by atoms with Crippen LogP contribution in [0.1, 0.15) is 41.5 Å². The minimum atomic E-state index is -2.14. The minimum Gasteiger partial charge on any atom is -0.258 e. The Morgan fingerprint density at radius 3 is 1.03 bits per heavy atom. The van der Waals surface area contributed by atoms with Gasteiger partial charge in [0.25, 0.3) is 0 Å². The van der Waals surface area contributed by atoms with Crippen LogP contribution >= 0.6 is 6.89 Å². The summed E-state index contributed by atoms with van der Waals surface area (Å²) in [6, 6.07) is 33.7. The summed E-state index contributed by atoms with van der Waals surface area (Å²) in [6.07, 6.45) is 0. The molecule has 2 nitrogen and oxygen atoms in total. The SMILES string of the molecule is CC(C)(C)N1CCN(C(C)(C)C)C1=P(c1ccccc1)(c1ccccc1)c1ccccc1.[Pd+2]. The maximum Gasteiger partial charge on any atom is 2.00 e. The molecule has 0 saturated carbocycles. The van der Waals surface area contributed by atoms with Crippen molar-refractivity contribution in [2.75, 3.05) is 13.1 Å². The van der Waals surface area contributed by atoms with Crippen LogP contribution in [0.15, 0.2) is 91.0 Å². The summed E-state index contributed by atoms with van der Waals surface area (Å²) in [7, 11) is 0. The molecule has 3 aromatic rings. The largest absolute Gasteiger partial charge is 2.00 e. The standard InChI is InChI=1S/C29H37N2P.Pd/c1-28(2,3)30-22-23-31(29(4,5)6)27(30)32(24-16-10-7-11-17-24,25-18-12-8-13-19-25)26-20-14-9-15-21-26;/h7-21H,22-23H2,1-6H3;/q;+2. The zero-order valence-corrected chi connectivity index (χ0v) is 23.2. The summed E-state index contributed by atoms with van der Waals surface area (Å²) in [4.78, 5) is 5.39. The predicted octanol–water partition coefficient (Wildman–Crippen LogP) is 5.28. The van der Waals surface area contributed by atoms with Crippen molar-refractivity contribution in [1.82, 2.24) is 9.80 Å². The van der Waals surface area contributed by atoms with Gasteiger partial charge in [0.05, 0.1) is 5.54 Å². The van der Waals surface area contributed by atoms with Crippen LogP contribution in [0.2, 0.25) is 0 Å². The first-order chi connectivity index (χ1) is 15.2. The number of benzene rings is 3. The second-order valence-corrected chi connectivity index (χ2v) is 13.9. The zero-order valence-electron chi connectivity index (χ0n) is 20.7. The molecule has 0 aliphatic carbocycles. The third-order valence-corrected chi connectivity index (χ3v) is 10.7. The average molecular weight is 551 g/mol. The molecule has 0 aromatic heterocycles. The van der Waals surface area contributed by atoms with Crippen molar-refractivity contribution >= 4 is 28.3 Å². The van der Waals surface area contributed by atoms with Gasteiger partial charge in [0.1, 0.15) is 0 Å². The Balaban J connectivity index is 0.00000306. The van der Waals surface area contributed by atoms with Gasteiger partial charge in [0.2, 0.25) is 0 Å². The third kappa shape index (κ3) is 4.86. The molecule has 0 N–H and O–H groups in total. The van der Waals surface area contributed by atoms with Gasteiger partial charge in [0.15, 0.2) is 0 Å². The van der Waals surface area contributed by atoms with Crippen LogP contribution in [0.25, 0.3) is 0 Å². The fraction of sp³-hybridized carbons (Fsp3) is 0.345. The minimum absolute atomic E-state index is 0. The molecular weight excluding hydrogens is 514 g/mol. The molecule has 33 heavy (non-hydrogen) atoms. The summed E-state index contributed by atoms with van der Waals surface area (Å²) >= 11 is 0. The zero-order chi connectivity index (χ0) is 23.0. The molecule has 1 heterocycles. The Labute approximate surface area is 214 Å². The number of hydrogen-bond donors (Lipinski definition) is 0. The first-order valence-corrected chi connectivity index (χ1v) is 13.4. The fourth-order valence-electron chi connectivity index (χ4n) is 4.93. The van der Waals surface area contributed by atoms with Gasteiger partial charge in [0, 0.05) is 31.1 Å². The summed E-state index contributed by atoms with van der Waals surface area (Å²) < 4.78 is 0. The summed E-state index contributed by atoms with van der Waals surface area (Å²) in [5, 5.41) is 4.24. The molecular formula is C29H37N2PPd+2. The van der Waals surface area contributed by atoms with Crippen molar-refractivity contribution in [3.63, 3.8) is 0 Å². The van der Waals surface area contributed by atoms with E-state index >= 15 is 0 Å². The smallest absolute Gasteiger partial charge is 0.258 e. The summed E-state index contributed by atoms with van der Waals surface area (Å²) in [5.74, 6) is 0. The van der Waals surface area contributed by atoms with E-state index in [1.807, 2.05) is 0 Å². The van der Waals surface area contributed by atoms with Crippen molar-refractivity contribution in [1.29, 1.82) is 0 Å². The number of hydrogen-bond acceptors (Lipinski definition) is 0. The van der Waals surface area contributed by atoms with Gasteiger partial charge in [-0.05, 0) is 57.5 Å². The molecule has 0 amide bonds. The molecule has 4 heteroatoms. The van der Waals surface area contributed by atoms with Gasteiger partial charge in [-0.3, -0.25) is 9.80 Å². The van der Waals surface area contributed by atoms with E-state index in [0.717, 1.165) is 13.1 Å². The van der Waals surface area contributed by atoms with Gasteiger partial charge in [-0.2, -0.15) is 0 Å². The van der Waals surface area contributed by atoms with Crippen LogP contribution in [0.3, 0.4) is 0 Å². The van der Waals surface area contributed by atoms with E-state index in [1.54, 1.807) is 0 Å².